The van der Waals surface area contributed by atoms with Gasteiger partial charge in [-0.05, 0) is 18.2 Å². The molecule has 2 heterocycles. The number of H-pyrrole nitrogens is 1. The fraction of sp³-hybridized carbons (Fsp3) is 0.0667. The number of urea groups is 1. The average Bonchev–Trinajstić information content (AvgIpc) is 3.01. The molecule has 3 aromatic rings. The van der Waals surface area contributed by atoms with Crippen LogP contribution in [0.15, 0.2) is 42.9 Å². The molecule has 0 radical (unpaired) electrons. The van der Waals surface area contributed by atoms with Crippen molar-refractivity contribution in [2.75, 3.05) is 11.9 Å². The van der Waals surface area contributed by atoms with Gasteiger partial charge in [-0.15, -0.1) is 0 Å². The summed E-state index contributed by atoms with van der Waals surface area (Å²) >= 11 is 0. The topological polar surface area (TPSA) is 106 Å². The summed E-state index contributed by atoms with van der Waals surface area (Å²) in [5.74, 6) is 0. The van der Waals surface area contributed by atoms with Gasteiger partial charge in [-0.2, -0.15) is 5.26 Å². The summed E-state index contributed by atoms with van der Waals surface area (Å²) in [6.07, 6.45) is 3.30. The van der Waals surface area contributed by atoms with Crippen LogP contribution in [0.4, 0.5) is 10.5 Å². The van der Waals surface area contributed by atoms with Gasteiger partial charge in [-0.3, -0.25) is 0 Å². The molecule has 3 rings (SSSR count). The number of nitrogens with zero attached hydrogens (tertiary/aromatic N) is 3. The Morgan fingerprint density at radius 3 is 3.09 bits per heavy atom. The number of hydrogen-bond donors (Lipinski definition) is 3. The largest absolute Gasteiger partial charge is 0.346 e. The first-order valence-electron chi connectivity index (χ1n) is 6.58. The third-order valence-corrected chi connectivity index (χ3v) is 3.08. The van der Waals surface area contributed by atoms with Crippen molar-refractivity contribution < 1.29 is 4.79 Å². The highest BCUT2D eigenvalue weighted by Gasteiger charge is 2.08. The van der Waals surface area contributed by atoms with E-state index in [0.29, 0.717) is 5.69 Å². The first kappa shape index (κ1) is 13.6. The molecule has 0 saturated carbocycles. The normalized spacial score (nSPS) is 10.1. The molecule has 0 aliphatic carbocycles. The Kier molecular flexibility index (Phi) is 3.66. The number of hydrogen-bond acceptors (Lipinski definition) is 4. The molecule has 0 atom stereocenters. The molecule has 7 nitrogen and oxygen atoms in total. The third kappa shape index (κ3) is 2.71. The summed E-state index contributed by atoms with van der Waals surface area (Å²) in [7, 11) is 0. The number of nitrogens with one attached hydrogen (secondary N) is 3. The predicted molar refractivity (Wildman–Crippen MR) is 82.0 cm³/mol. The lowest BCUT2D eigenvalue weighted by Crippen LogP contribution is -2.28. The molecule has 0 saturated heterocycles. The van der Waals surface area contributed by atoms with Gasteiger partial charge in [0.05, 0.1) is 11.8 Å². The Morgan fingerprint density at radius 2 is 2.23 bits per heavy atom. The van der Waals surface area contributed by atoms with Crippen LogP contribution in [-0.2, 0) is 0 Å². The zero-order valence-electron chi connectivity index (χ0n) is 11.5. The van der Waals surface area contributed by atoms with E-state index < -0.39 is 6.03 Å². The molecule has 0 aliphatic heterocycles. The highest BCUT2D eigenvalue weighted by atomic mass is 16.2. The van der Waals surface area contributed by atoms with Crippen LogP contribution in [0.25, 0.3) is 22.3 Å². The molecule has 0 aliphatic rings. The third-order valence-electron chi connectivity index (χ3n) is 3.08. The highest BCUT2D eigenvalue weighted by molar-refractivity contribution is 5.93. The van der Waals surface area contributed by atoms with Crippen LogP contribution in [0.2, 0.25) is 0 Å². The Morgan fingerprint density at radius 1 is 1.32 bits per heavy atom. The van der Waals surface area contributed by atoms with E-state index in [0.717, 1.165) is 22.3 Å². The second-order valence-electron chi connectivity index (χ2n) is 4.51. The maximum atomic E-state index is 11.6. The van der Waals surface area contributed by atoms with E-state index in [1.54, 1.807) is 12.3 Å². The van der Waals surface area contributed by atoms with Crippen molar-refractivity contribution in [1.82, 2.24) is 20.3 Å². The van der Waals surface area contributed by atoms with E-state index in [1.807, 2.05) is 30.3 Å². The SMILES string of the molecule is N#CCNC(=O)Nc1cccc(-c2ncnc3[nH]ccc23)c1. The number of amides is 2. The lowest BCUT2D eigenvalue weighted by Gasteiger charge is -2.07. The van der Waals surface area contributed by atoms with E-state index in [-0.39, 0.29) is 6.54 Å². The summed E-state index contributed by atoms with van der Waals surface area (Å²) in [4.78, 5) is 23.1. The van der Waals surface area contributed by atoms with Crippen molar-refractivity contribution in [3.63, 3.8) is 0 Å². The van der Waals surface area contributed by atoms with E-state index >= 15 is 0 Å². The van der Waals surface area contributed by atoms with Gasteiger partial charge in [0.25, 0.3) is 0 Å². The lowest BCUT2D eigenvalue weighted by atomic mass is 10.1. The second kappa shape index (κ2) is 5.93. The fourth-order valence-corrected chi connectivity index (χ4v) is 2.14. The van der Waals surface area contributed by atoms with Crippen LogP contribution < -0.4 is 10.6 Å². The summed E-state index contributed by atoms with van der Waals surface area (Å²) in [6, 6.07) is 10.7. The number of benzene rings is 1. The van der Waals surface area contributed by atoms with Crippen molar-refractivity contribution in [2.45, 2.75) is 0 Å². The van der Waals surface area contributed by atoms with Gasteiger partial charge in [0.2, 0.25) is 0 Å². The molecular weight excluding hydrogens is 280 g/mol. The van der Waals surface area contributed by atoms with Crippen LogP contribution in [0.1, 0.15) is 0 Å². The molecule has 3 N–H and O–H groups in total. The summed E-state index contributed by atoms with van der Waals surface area (Å²) in [5.41, 5.74) is 3.03. The molecule has 108 valence electrons. The number of rotatable bonds is 3. The number of aromatic amines is 1. The van der Waals surface area contributed by atoms with Crippen LogP contribution in [-0.4, -0.2) is 27.5 Å². The average molecular weight is 292 g/mol. The predicted octanol–water partition coefficient (Wildman–Crippen LogP) is 2.27. The molecule has 22 heavy (non-hydrogen) atoms. The zero-order valence-corrected chi connectivity index (χ0v) is 11.5. The number of anilines is 1. The summed E-state index contributed by atoms with van der Waals surface area (Å²) in [6.45, 7) is -0.0403. The molecule has 0 fully saturated rings. The minimum absolute atomic E-state index is 0.0403. The summed E-state index contributed by atoms with van der Waals surface area (Å²) in [5, 5.41) is 14.5. The molecule has 2 amide bonds. The Bertz CT molecular complexity index is 864. The van der Waals surface area contributed by atoms with Crippen LogP contribution in [0.5, 0.6) is 0 Å². The van der Waals surface area contributed by atoms with Gasteiger partial charge >= 0.3 is 6.03 Å². The fourth-order valence-electron chi connectivity index (χ4n) is 2.14. The van der Waals surface area contributed by atoms with Gasteiger partial charge in [-0.25, -0.2) is 14.8 Å². The van der Waals surface area contributed by atoms with Crippen LogP contribution >= 0.6 is 0 Å². The monoisotopic (exact) mass is 292 g/mol. The van der Waals surface area contributed by atoms with Crippen molar-refractivity contribution in [2.24, 2.45) is 0 Å². The van der Waals surface area contributed by atoms with Crippen LogP contribution in [0.3, 0.4) is 0 Å². The maximum Gasteiger partial charge on any atom is 0.320 e. The molecule has 7 heteroatoms. The number of carbonyl (C=O) groups excluding carboxylic acids is 1. The molecule has 2 aromatic heterocycles. The molecule has 1 aromatic carbocycles. The highest BCUT2D eigenvalue weighted by Crippen LogP contribution is 2.26. The smallest absolute Gasteiger partial charge is 0.320 e. The van der Waals surface area contributed by atoms with Crippen molar-refractivity contribution in [3.05, 3.63) is 42.9 Å². The number of nitriles is 1. The van der Waals surface area contributed by atoms with Crippen LogP contribution in [0, 0.1) is 11.3 Å². The Balaban J connectivity index is 1.90. The molecule has 0 bridgehead atoms. The van der Waals surface area contributed by atoms with E-state index in [9.17, 15) is 4.79 Å². The molecule has 0 spiro atoms. The van der Waals surface area contributed by atoms with E-state index in [2.05, 4.69) is 25.6 Å². The standard InChI is InChI=1S/C15H12N6O/c16-5-7-18-15(22)21-11-3-1-2-10(8-11)13-12-4-6-17-14(12)20-9-19-13/h1-4,6,8-9H,7H2,(H,17,19,20)(H2,18,21,22). The first-order valence-corrected chi connectivity index (χ1v) is 6.58. The second-order valence-corrected chi connectivity index (χ2v) is 4.51. The van der Waals surface area contributed by atoms with Crippen molar-refractivity contribution >= 4 is 22.8 Å². The quantitative estimate of drug-likeness (QED) is 0.644. The van der Waals surface area contributed by atoms with Gasteiger partial charge in [-0.1, -0.05) is 12.1 Å². The minimum atomic E-state index is -0.423. The van der Waals surface area contributed by atoms with Crippen molar-refractivity contribution in [3.8, 4) is 17.3 Å². The van der Waals surface area contributed by atoms with Crippen molar-refractivity contribution in [1.29, 1.82) is 5.26 Å². The number of aromatic nitrogens is 3. The molecule has 0 unspecified atom stereocenters. The Hall–Kier alpha value is -3.40. The van der Waals surface area contributed by atoms with Gasteiger partial charge in [0.1, 0.15) is 18.5 Å². The number of carbonyl (C=O) groups is 1. The zero-order chi connectivity index (χ0) is 15.4. The Labute approximate surface area is 126 Å². The van der Waals surface area contributed by atoms with Gasteiger partial charge < -0.3 is 15.6 Å². The van der Waals surface area contributed by atoms with Gasteiger partial charge in [0, 0.05) is 22.8 Å². The number of fused-ring (bicyclic) bond motifs is 1. The van der Waals surface area contributed by atoms with E-state index in [4.69, 9.17) is 5.26 Å². The lowest BCUT2D eigenvalue weighted by molar-refractivity contribution is 0.253. The summed E-state index contributed by atoms with van der Waals surface area (Å²) < 4.78 is 0. The first-order chi connectivity index (χ1) is 10.8. The maximum absolute atomic E-state index is 11.6. The van der Waals surface area contributed by atoms with Gasteiger partial charge in [0.15, 0.2) is 0 Å². The van der Waals surface area contributed by atoms with E-state index in [1.165, 1.54) is 6.33 Å². The minimum Gasteiger partial charge on any atom is -0.346 e. The molecular formula is C15H12N6O.